The summed E-state index contributed by atoms with van der Waals surface area (Å²) in [4.78, 5) is 23.0. The third kappa shape index (κ3) is 6.56. The molecule has 0 radical (unpaired) electrons. The van der Waals surface area contributed by atoms with Crippen molar-refractivity contribution in [3.63, 3.8) is 0 Å². The molecule has 0 heterocycles. The molecular weight excluding hydrogens is 206 g/mol. The molecule has 1 atom stereocenters. The third-order valence-corrected chi connectivity index (χ3v) is 1.77. The first-order chi connectivity index (χ1) is 6.92. The zero-order chi connectivity index (χ0) is 13.1. The van der Waals surface area contributed by atoms with Crippen molar-refractivity contribution >= 4 is 11.8 Å². The smallest absolute Gasteiger partial charge is 0.376 e. The summed E-state index contributed by atoms with van der Waals surface area (Å²) >= 11 is 0. The summed E-state index contributed by atoms with van der Waals surface area (Å²) in [6, 6.07) is -0.783. The second kappa shape index (κ2) is 4.95. The van der Waals surface area contributed by atoms with E-state index >= 15 is 0 Å². The molecule has 2 N–H and O–H groups in total. The van der Waals surface area contributed by atoms with Gasteiger partial charge in [0.15, 0.2) is 0 Å². The number of carbonyl (C=O) groups is 2. The Morgan fingerprint density at radius 1 is 1.12 bits per heavy atom. The van der Waals surface area contributed by atoms with Gasteiger partial charge in [-0.2, -0.15) is 0 Å². The predicted molar refractivity (Wildman–Crippen MR) is 62.9 cm³/mol. The van der Waals surface area contributed by atoms with E-state index in [1.807, 2.05) is 20.8 Å². The molecular formula is C12H23NO3. The maximum Gasteiger partial charge on any atom is 0.376 e. The number of rotatable bonds is 3. The van der Waals surface area contributed by atoms with Gasteiger partial charge in [0, 0.05) is 0 Å². The summed E-state index contributed by atoms with van der Waals surface area (Å²) < 4.78 is 4.97. The van der Waals surface area contributed by atoms with Gasteiger partial charge in [-0.1, -0.05) is 20.8 Å². The second-order valence-corrected chi connectivity index (χ2v) is 6.24. The van der Waals surface area contributed by atoms with E-state index in [1.165, 1.54) is 0 Å². The van der Waals surface area contributed by atoms with Crippen LogP contribution in [0, 0.1) is 5.41 Å². The molecule has 0 aliphatic rings. The van der Waals surface area contributed by atoms with Crippen molar-refractivity contribution in [1.82, 2.24) is 0 Å². The molecule has 0 fully saturated rings. The standard InChI is InChI=1S/C12H23NO3/c1-11(2,3)7-8(13)9(14)10(15)16-12(4,5)6/h8H,7,13H2,1-6H3/t8-/m1/s1. The SMILES string of the molecule is CC(C)(C)C[C@@H](N)C(=O)C(=O)OC(C)(C)C. The Morgan fingerprint density at radius 3 is 1.88 bits per heavy atom. The number of hydrogen-bond acceptors (Lipinski definition) is 4. The van der Waals surface area contributed by atoms with E-state index in [-0.39, 0.29) is 5.41 Å². The first-order valence-electron chi connectivity index (χ1n) is 5.45. The normalized spacial score (nSPS) is 14.4. The maximum atomic E-state index is 11.6. The van der Waals surface area contributed by atoms with Gasteiger partial charge in [0.1, 0.15) is 5.60 Å². The summed E-state index contributed by atoms with van der Waals surface area (Å²) in [6.07, 6.45) is 0.463. The second-order valence-electron chi connectivity index (χ2n) is 6.24. The average Bonchev–Trinajstić information content (AvgIpc) is 1.96. The fourth-order valence-corrected chi connectivity index (χ4v) is 1.23. The van der Waals surface area contributed by atoms with Gasteiger partial charge >= 0.3 is 5.97 Å². The lowest BCUT2D eigenvalue weighted by molar-refractivity contribution is -0.163. The van der Waals surface area contributed by atoms with Crippen LogP contribution >= 0.6 is 0 Å². The van der Waals surface area contributed by atoms with E-state index in [2.05, 4.69) is 0 Å². The number of hydrogen-bond donors (Lipinski definition) is 1. The van der Waals surface area contributed by atoms with E-state index in [4.69, 9.17) is 10.5 Å². The fraction of sp³-hybridized carbons (Fsp3) is 0.833. The van der Waals surface area contributed by atoms with Gasteiger partial charge in [0.05, 0.1) is 6.04 Å². The molecule has 0 saturated heterocycles. The van der Waals surface area contributed by atoms with Crippen LogP contribution in [0.2, 0.25) is 0 Å². The molecule has 0 spiro atoms. The molecule has 16 heavy (non-hydrogen) atoms. The quantitative estimate of drug-likeness (QED) is 0.590. The van der Waals surface area contributed by atoms with Crippen LogP contribution < -0.4 is 5.73 Å². The van der Waals surface area contributed by atoms with Gasteiger partial charge in [0.25, 0.3) is 5.78 Å². The molecule has 0 saturated carbocycles. The Kier molecular flexibility index (Phi) is 4.68. The van der Waals surface area contributed by atoms with Crippen molar-refractivity contribution < 1.29 is 14.3 Å². The molecule has 0 aliphatic heterocycles. The highest BCUT2D eigenvalue weighted by Gasteiger charge is 2.30. The molecule has 0 aromatic rings. The van der Waals surface area contributed by atoms with Crippen LogP contribution in [0.3, 0.4) is 0 Å². The highest BCUT2D eigenvalue weighted by atomic mass is 16.6. The van der Waals surface area contributed by atoms with Crippen molar-refractivity contribution in [3.8, 4) is 0 Å². The van der Waals surface area contributed by atoms with Crippen LogP contribution in [0.4, 0.5) is 0 Å². The highest BCUT2D eigenvalue weighted by Crippen LogP contribution is 2.20. The number of Topliss-reactive ketones (excluding diaryl/α,β-unsaturated/α-hetero) is 1. The molecule has 4 nitrogen and oxygen atoms in total. The lowest BCUT2D eigenvalue weighted by Crippen LogP contribution is -2.41. The Bertz CT molecular complexity index is 271. The van der Waals surface area contributed by atoms with Crippen LogP contribution in [0.1, 0.15) is 48.0 Å². The Labute approximate surface area is 97.5 Å². The van der Waals surface area contributed by atoms with E-state index in [1.54, 1.807) is 20.8 Å². The van der Waals surface area contributed by atoms with Crippen molar-refractivity contribution in [2.24, 2.45) is 11.1 Å². The molecule has 0 rings (SSSR count). The number of nitrogens with two attached hydrogens (primary N) is 1. The van der Waals surface area contributed by atoms with Crippen molar-refractivity contribution in [2.75, 3.05) is 0 Å². The van der Waals surface area contributed by atoms with E-state index < -0.39 is 23.4 Å². The molecule has 0 unspecified atom stereocenters. The lowest BCUT2D eigenvalue weighted by Gasteiger charge is -2.23. The van der Waals surface area contributed by atoms with Crippen molar-refractivity contribution in [2.45, 2.75) is 59.6 Å². The summed E-state index contributed by atoms with van der Waals surface area (Å²) in [6.45, 7) is 11.0. The summed E-state index contributed by atoms with van der Waals surface area (Å²) in [5, 5.41) is 0. The number of carbonyl (C=O) groups excluding carboxylic acids is 2. The summed E-state index contributed by atoms with van der Waals surface area (Å²) in [5.41, 5.74) is 4.93. The van der Waals surface area contributed by atoms with Crippen LogP contribution in [0.5, 0.6) is 0 Å². The number of ketones is 1. The first-order valence-corrected chi connectivity index (χ1v) is 5.45. The van der Waals surface area contributed by atoms with E-state index in [0.29, 0.717) is 6.42 Å². The van der Waals surface area contributed by atoms with Gasteiger partial charge in [-0.05, 0) is 32.6 Å². The molecule has 0 aliphatic carbocycles. The summed E-state index contributed by atoms with van der Waals surface area (Å²) in [5.74, 6) is -1.49. The van der Waals surface area contributed by atoms with Crippen LogP contribution in [-0.2, 0) is 14.3 Å². The number of ether oxygens (including phenoxy) is 1. The van der Waals surface area contributed by atoms with Crippen molar-refractivity contribution in [1.29, 1.82) is 0 Å². The van der Waals surface area contributed by atoms with Gasteiger partial charge < -0.3 is 10.5 Å². The highest BCUT2D eigenvalue weighted by molar-refractivity contribution is 6.35. The zero-order valence-corrected chi connectivity index (χ0v) is 11.1. The van der Waals surface area contributed by atoms with Crippen LogP contribution in [0.25, 0.3) is 0 Å². The average molecular weight is 229 g/mol. The Balaban J connectivity index is 4.40. The van der Waals surface area contributed by atoms with Crippen LogP contribution in [-0.4, -0.2) is 23.4 Å². The largest absolute Gasteiger partial charge is 0.454 e. The topological polar surface area (TPSA) is 69.4 Å². The Morgan fingerprint density at radius 2 is 1.56 bits per heavy atom. The zero-order valence-electron chi connectivity index (χ0n) is 11.1. The molecule has 0 aromatic heterocycles. The van der Waals surface area contributed by atoms with Gasteiger partial charge in [-0.25, -0.2) is 4.79 Å². The van der Waals surface area contributed by atoms with Gasteiger partial charge in [0.2, 0.25) is 0 Å². The maximum absolute atomic E-state index is 11.6. The minimum absolute atomic E-state index is 0.0862. The van der Waals surface area contributed by atoms with Crippen molar-refractivity contribution in [3.05, 3.63) is 0 Å². The molecule has 0 amide bonds. The van der Waals surface area contributed by atoms with E-state index in [0.717, 1.165) is 0 Å². The van der Waals surface area contributed by atoms with Gasteiger partial charge in [-0.15, -0.1) is 0 Å². The molecule has 0 bridgehead atoms. The monoisotopic (exact) mass is 229 g/mol. The molecule has 94 valence electrons. The number of esters is 1. The van der Waals surface area contributed by atoms with Gasteiger partial charge in [-0.3, -0.25) is 4.79 Å². The lowest BCUT2D eigenvalue weighted by atomic mass is 9.87. The Hall–Kier alpha value is -0.900. The molecule has 0 aromatic carbocycles. The molecule has 4 heteroatoms. The van der Waals surface area contributed by atoms with E-state index in [9.17, 15) is 9.59 Å². The van der Waals surface area contributed by atoms with Crippen LogP contribution in [0.15, 0.2) is 0 Å². The predicted octanol–water partition coefficient (Wildman–Crippen LogP) is 1.66. The summed E-state index contributed by atoms with van der Waals surface area (Å²) in [7, 11) is 0. The first kappa shape index (κ1) is 15.1. The minimum atomic E-state index is -0.843. The third-order valence-electron chi connectivity index (χ3n) is 1.77. The minimum Gasteiger partial charge on any atom is -0.454 e. The fourth-order valence-electron chi connectivity index (χ4n) is 1.23.